The third kappa shape index (κ3) is 4.42. The molecule has 0 radical (unpaired) electrons. The molecule has 0 saturated carbocycles. The largest absolute Gasteiger partial charge is 0.495 e. The highest BCUT2D eigenvalue weighted by Crippen LogP contribution is 2.30. The number of hydrogen-bond donors (Lipinski definition) is 1. The first kappa shape index (κ1) is 22.5. The molecule has 0 aliphatic carbocycles. The Morgan fingerprint density at radius 1 is 1.16 bits per heavy atom. The number of hydrogen-bond acceptors (Lipinski definition) is 6. The second kappa shape index (κ2) is 9.03. The van der Waals surface area contributed by atoms with Gasteiger partial charge in [-0.15, -0.1) is 0 Å². The third-order valence-corrected chi connectivity index (χ3v) is 7.37. The van der Waals surface area contributed by atoms with E-state index in [-0.39, 0.29) is 23.7 Å². The number of pyridine rings is 1. The third-order valence-electron chi connectivity index (χ3n) is 5.24. The first-order valence-electron chi connectivity index (χ1n) is 9.94. The average molecular weight is 476 g/mol. The SMILES string of the molecule is COc1ccc(S(=O)(=O)N2CCOCC2)cc1NC(=O)c1cc2cc(Cl)ccc2nc1C. The highest BCUT2D eigenvalue weighted by molar-refractivity contribution is 7.89. The van der Waals surface area contributed by atoms with Gasteiger partial charge in [0.05, 0.1) is 47.7 Å². The summed E-state index contributed by atoms with van der Waals surface area (Å²) in [7, 11) is -2.28. The van der Waals surface area contributed by atoms with Crippen LogP contribution in [0.5, 0.6) is 5.75 Å². The smallest absolute Gasteiger partial charge is 0.257 e. The van der Waals surface area contributed by atoms with Gasteiger partial charge < -0.3 is 14.8 Å². The molecule has 1 N–H and O–H groups in total. The lowest BCUT2D eigenvalue weighted by Gasteiger charge is -2.26. The normalized spacial score (nSPS) is 15.0. The molecule has 4 rings (SSSR count). The molecular formula is C22H22ClN3O5S. The number of nitrogens with one attached hydrogen (secondary N) is 1. The molecule has 2 aromatic carbocycles. The van der Waals surface area contributed by atoms with Crippen LogP contribution in [0.1, 0.15) is 16.1 Å². The molecule has 1 aliphatic heterocycles. The summed E-state index contributed by atoms with van der Waals surface area (Å²) in [6.07, 6.45) is 0. The average Bonchev–Trinajstić information content (AvgIpc) is 2.79. The number of benzene rings is 2. The Kier molecular flexibility index (Phi) is 6.34. The van der Waals surface area contributed by atoms with E-state index in [1.54, 1.807) is 31.2 Å². The van der Waals surface area contributed by atoms with Crippen LogP contribution in [-0.2, 0) is 14.8 Å². The molecule has 32 heavy (non-hydrogen) atoms. The minimum atomic E-state index is -3.73. The van der Waals surface area contributed by atoms with Gasteiger partial charge in [-0.3, -0.25) is 9.78 Å². The van der Waals surface area contributed by atoms with E-state index in [0.717, 1.165) is 10.9 Å². The van der Waals surface area contributed by atoms with Gasteiger partial charge in [0, 0.05) is 23.5 Å². The van der Waals surface area contributed by atoms with Crippen molar-refractivity contribution < 1.29 is 22.7 Å². The Bertz CT molecular complexity index is 1290. The van der Waals surface area contributed by atoms with Gasteiger partial charge in [-0.1, -0.05) is 11.6 Å². The number of ether oxygens (including phenoxy) is 2. The Hall–Kier alpha value is -2.72. The van der Waals surface area contributed by atoms with Crippen LogP contribution in [-0.4, -0.2) is 57.0 Å². The maximum absolute atomic E-state index is 13.1. The minimum absolute atomic E-state index is 0.0654. The molecule has 10 heteroatoms. The van der Waals surface area contributed by atoms with Crippen molar-refractivity contribution in [2.75, 3.05) is 38.7 Å². The van der Waals surface area contributed by atoms with E-state index >= 15 is 0 Å². The van der Waals surface area contributed by atoms with Crippen molar-refractivity contribution in [1.82, 2.24) is 9.29 Å². The number of carbonyl (C=O) groups is 1. The van der Waals surface area contributed by atoms with Gasteiger partial charge >= 0.3 is 0 Å². The molecular weight excluding hydrogens is 454 g/mol. The zero-order valence-electron chi connectivity index (χ0n) is 17.6. The molecule has 2 heterocycles. The topological polar surface area (TPSA) is 97.8 Å². The Balaban J connectivity index is 1.68. The summed E-state index contributed by atoms with van der Waals surface area (Å²) in [5.74, 6) is -0.0928. The standard InChI is InChI=1S/C22H22ClN3O5S/c1-14-18(12-15-11-16(23)3-5-19(15)24-14)22(27)25-20-13-17(4-6-21(20)30-2)32(28,29)26-7-9-31-10-8-26/h3-6,11-13H,7-10H2,1-2H3,(H,25,27). The minimum Gasteiger partial charge on any atom is -0.495 e. The lowest BCUT2D eigenvalue weighted by molar-refractivity contribution is 0.0730. The monoisotopic (exact) mass is 475 g/mol. The van der Waals surface area contributed by atoms with Gasteiger partial charge in [-0.05, 0) is 49.4 Å². The molecule has 0 atom stereocenters. The molecule has 0 spiro atoms. The number of anilines is 1. The quantitative estimate of drug-likeness (QED) is 0.606. The second-order valence-electron chi connectivity index (χ2n) is 7.29. The molecule has 0 unspecified atom stereocenters. The van der Waals surface area contributed by atoms with Crippen LogP contribution >= 0.6 is 11.6 Å². The Morgan fingerprint density at radius 2 is 1.91 bits per heavy atom. The predicted molar refractivity (Wildman–Crippen MR) is 122 cm³/mol. The van der Waals surface area contributed by atoms with E-state index in [2.05, 4.69) is 10.3 Å². The van der Waals surface area contributed by atoms with Crippen molar-refractivity contribution in [2.45, 2.75) is 11.8 Å². The van der Waals surface area contributed by atoms with Gasteiger partial charge in [0.2, 0.25) is 10.0 Å². The summed E-state index contributed by atoms with van der Waals surface area (Å²) in [6, 6.07) is 11.4. The molecule has 1 fully saturated rings. The second-order valence-corrected chi connectivity index (χ2v) is 9.67. The van der Waals surface area contributed by atoms with E-state index in [1.807, 2.05) is 0 Å². The van der Waals surface area contributed by atoms with E-state index < -0.39 is 15.9 Å². The van der Waals surface area contributed by atoms with Crippen molar-refractivity contribution in [3.05, 3.63) is 58.7 Å². The summed E-state index contributed by atoms with van der Waals surface area (Å²) < 4.78 is 38.0. The van der Waals surface area contributed by atoms with Crippen molar-refractivity contribution in [3.8, 4) is 5.75 Å². The molecule has 1 amide bonds. The number of morpholine rings is 1. The molecule has 0 bridgehead atoms. The van der Waals surface area contributed by atoms with E-state index in [4.69, 9.17) is 21.1 Å². The molecule has 168 valence electrons. The fourth-order valence-corrected chi connectivity index (χ4v) is 5.16. The molecule has 1 saturated heterocycles. The van der Waals surface area contributed by atoms with Crippen LogP contribution in [0, 0.1) is 6.92 Å². The van der Waals surface area contributed by atoms with Crippen LogP contribution in [0.15, 0.2) is 47.4 Å². The van der Waals surface area contributed by atoms with Gasteiger partial charge in [-0.25, -0.2) is 8.42 Å². The first-order valence-corrected chi connectivity index (χ1v) is 11.8. The maximum atomic E-state index is 13.1. The van der Waals surface area contributed by atoms with Gasteiger partial charge in [0.15, 0.2) is 0 Å². The Labute approximate surface area is 191 Å². The van der Waals surface area contributed by atoms with Gasteiger partial charge in [0.1, 0.15) is 5.75 Å². The van der Waals surface area contributed by atoms with Crippen LogP contribution in [0.3, 0.4) is 0 Å². The number of halogens is 1. The van der Waals surface area contributed by atoms with E-state index in [9.17, 15) is 13.2 Å². The fraction of sp³-hybridized carbons (Fsp3) is 0.273. The number of nitrogens with zero attached hydrogens (tertiary/aromatic N) is 2. The van der Waals surface area contributed by atoms with Gasteiger partial charge in [0.25, 0.3) is 5.91 Å². The summed E-state index contributed by atoms with van der Waals surface area (Å²) in [4.78, 5) is 17.6. The number of aromatic nitrogens is 1. The van der Waals surface area contributed by atoms with Crippen molar-refractivity contribution in [3.63, 3.8) is 0 Å². The summed E-state index contributed by atoms with van der Waals surface area (Å²) in [6.45, 7) is 2.98. The first-order chi connectivity index (χ1) is 15.3. The number of fused-ring (bicyclic) bond motifs is 1. The number of amides is 1. The maximum Gasteiger partial charge on any atom is 0.257 e. The molecule has 3 aromatic rings. The zero-order chi connectivity index (χ0) is 22.9. The van der Waals surface area contributed by atoms with Gasteiger partial charge in [-0.2, -0.15) is 4.31 Å². The number of rotatable bonds is 5. The fourth-order valence-electron chi connectivity index (χ4n) is 3.54. The van der Waals surface area contributed by atoms with Crippen LogP contribution in [0.25, 0.3) is 10.9 Å². The van der Waals surface area contributed by atoms with Crippen molar-refractivity contribution in [1.29, 1.82) is 0 Å². The number of methoxy groups -OCH3 is 1. The predicted octanol–water partition coefficient (Wildman–Crippen LogP) is 3.48. The summed E-state index contributed by atoms with van der Waals surface area (Å²) in [5.41, 5.74) is 1.86. The van der Waals surface area contributed by atoms with Crippen LogP contribution < -0.4 is 10.1 Å². The van der Waals surface area contributed by atoms with Crippen LogP contribution in [0.2, 0.25) is 5.02 Å². The highest BCUT2D eigenvalue weighted by Gasteiger charge is 2.27. The lowest BCUT2D eigenvalue weighted by atomic mass is 10.1. The zero-order valence-corrected chi connectivity index (χ0v) is 19.2. The van der Waals surface area contributed by atoms with Crippen LogP contribution in [0.4, 0.5) is 5.69 Å². The number of sulfonamides is 1. The molecule has 8 nitrogen and oxygen atoms in total. The number of aryl methyl sites for hydroxylation is 1. The lowest BCUT2D eigenvalue weighted by Crippen LogP contribution is -2.40. The molecule has 1 aliphatic rings. The van der Waals surface area contributed by atoms with E-state index in [0.29, 0.717) is 35.2 Å². The summed E-state index contributed by atoms with van der Waals surface area (Å²) in [5, 5.41) is 4.03. The van der Waals surface area contributed by atoms with Crippen molar-refractivity contribution >= 4 is 44.1 Å². The molecule has 1 aromatic heterocycles. The van der Waals surface area contributed by atoms with E-state index in [1.165, 1.54) is 29.6 Å². The highest BCUT2D eigenvalue weighted by atomic mass is 35.5. The van der Waals surface area contributed by atoms with Crippen molar-refractivity contribution in [2.24, 2.45) is 0 Å². The number of carbonyl (C=O) groups excluding carboxylic acids is 1. The Morgan fingerprint density at radius 3 is 2.62 bits per heavy atom. The summed E-state index contributed by atoms with van der Waals surface area (Å²) >= 11 is 6.07.